The van der Waals surface area contributed by atoms with Crippen molar-refractivity contribution in [3.8, 4) is 0 Å². The number of nitro groups is 1. The zero-order valence-corrected chi connectivity index (χ0v) is 14.8. The molecule has 1 N–H and O–H groups in total. The van der Waals surface area contributed by atoms with Gasteiger partial charge in [-0.2, -0.15) is 0 Å². The highest BCUT2D eigenvalue weighted by Gasteiger charge is 2.39. The molecule has 2 aromatic carbocycles. The number of hydrogen-bond donors (Lipinski definition) is 1. The molecular weight excluding hydrogens is 381 g/mol. The molecule has 0 radical (unpaired) electrons. The third kappa shape index (κ3) is 3.02. The van der Waals surface area contributed by atoms with Gasteiger partial charge in [0.25, 0.3) is 17.5 Å². The number of rotatable bonds is 4. The van der Waals surface area contributed by atoms with Gasteiger partial charge in [-0.05, 0) is 30.7 Å². The Hall–Kier alpha value is -2.90. The fraction of sp³-hybridized carbons (Fsp3) is 0.0588. The lowest BCUT2D eigenvalue weighted by Crippen LogP contribution is -2.32. The standard InChI is InChI=1S/C17H11Cl2N3O4/c1-9-12(18)6-3-7-13(9)20-15-14(19)16(23)21(17(15)24)10-4-2-5-11(8-10)22(25)26/h2-8,20H,1H3. The van der Waals surface area contributed by atoms with Crippen molar-refractivity contribution in [2.75, 3.05) is 10.2 Å². The molecule has 26 heavy (non-hydrogen) atoms. The molecule has 0 spiro atoms. The zero-order chi connectivity index (χ0) is 19.0. The molecule has 1 aliphatic rings. The molecule has 0 saturated heterocycles. The number of nitrogens with zero attached hydrogens (tertiary/aromatic N) is 2. The number of nitrogens with one attached hydrogen (secondary N) is 1. The van der Waals surface area contributed by atoms with E-state index in [2.05, 4.69) is 5.32 Å². The monoisotopic (exact) mass is 391 g/mol. The van der Waals surface area contributed by atoms with Crippen LogP contribution < -0.4 is 10.2 Å². The highest BCUT2D eigenvalue weighted by atomic mass is 35.5. The number of carbonyl (C=O) groups excluding carboxylic acids is 2. The van der Waals surface area contributed by atoms with Crippen LogP contribution in [0.4, 0.5) is 17.1 Å². The fourth-order valence-electron chi connectivity index (χ4n) is 2.47. The molecule has 0 fully saturated rings. The third-order valence-electron chi connectivity index (χ3n) is 3.85. The van der Waals surface area contributed by atoms with Crippen molar-refractivity contribution in [2.45, 2.75) is 6.92 Å². The van der Waals surface area contributed by atoms with Crippen LogP contribution in [0.2, 0.25) is 5.02 Å². The third-order valence-corrected chi connectivity index (χ3v) is 4.61. The molecule has 7 nitrogen and oxygen atoms in total. The SMILES string of the molecule is Cc1c(Cl)cccc1NC1=C(Cl)C(=O)N(c2cccc([N+](=O)[O-])c2)C1=O. The minimum absolute atomic E-state index is 0.0620. The Balaban J connectivity index is 1.96. The minimum Gasteiger partial charge on any atom is -0.349 e. The lowest BCUT2D eigenvalue weighted by atomic mass is 10.2. The van der Waals surface area contributed by atoms with E-state index in [1.165, 1.54) is 18.2 Å². The zero-order valence-electron chi connectivity index (χ0n) is 13.3. The van der Waals surface area contributed by atoms with Crippen molar-refractivity contribution in [3.05, 3.63) is 73.9 Å². The second kappa shape index (κ2) is 6.78. The van der Waals surface area contributed by atoms with Gasteiger partial charge in [0.15, 0.2) is 0 Å². The van der Waals surface area contributed by atoms with E-state index in [0.29, 0.717) is 16.3 Å². The van der Waals surface area contributed by atoms with E-state index < -0.39 is 16.7 Å². The van der Waals surface area contributed by atoms with Gasteiger partial charge in [-0.25, -0.2) is 4.90 Å². The van der Waals surface area contributed by atoms with Crippen LogP contribution in [0.3, 0.4) is 0 Å². The van der Waals surface area contributed by atoms with Gasteiger partial charge in [0.05, 0.1) is 10.6 Å². The lowest BCUT2D eigenvalue weighted by molar-refractivity contribution is -0.384. The second-order valence-electron chi connectivity index (χ2n) is 5.45. The van der Waals surface area contributed by atoms with Gasteiger partial charge >= 0.3 is 0 Å². The molecule has 3 rings (SSSR count). The van der Waals surface area contributed by atoms with E-state index >= 15 is 0 Å². The summed E-state index contributed by atoms with van der Waals surface area (Å²) in [6.45, 7) is 1.75. The maximum Gasteiger partial charge on any atom is 0.283 e. The van der Waals surface area contributed by atoms with Crippen LogP contribution in [-0.2, 0) is 9.59 Å². The summed E-state index contributed by atoms with van der Waals surface area (Å²) in [4.78, 5) is 36.2. The van der Waals surface area contributed by atoms with Crippen LogP contribution >= 0.6 is 23.2 Å². The van der Waals surface area contributed by atoms with Crippen LogP contribution in [0.15, 0.2) is 53.2 Å². The Labute approximate surface area is 158 Å². The van der Waals surface area contributed by atoms with Crippen LogP contribution in [0.5, 0.6) is 0 Å². The van der Waals surface area contributed by atoms with Crippen LogP contribution in [0.25, 0.3) is 0 Å². The Bertz CT molecular complexity index is 988. The Morgan fingerprint density at radius 1 is 1.08 bits per heavy atom. The second-order valence-corrected chi connectivity index (χ2v) is 6.23. The van der Waals surface area contributed by atoms with Gasteiger partial charge in [-0.1, -0.05) is 35.3 Å². The maximum absolute atomic E-state index is 12.7. The predicted octanol–water partition coefficient (Wildman–Crippen LogP) is 3.99. The van der Waals surface area contributed by atoms with Gasteiger partial charge in [-0.15, -0.1) is 0 Å². The number of anilines is 2. The highest BCUT2D eigenvalue weighted by Crippen LogP contribution is 2.33. The molecule has 2 amide bonds. The molecule has 0 unspecified atom stereocenters. The molecule has 1 aliphatic heterocycles. The van der Waals surface area contributed by atoms with Gasteiger partial charge in [-0.3, -0.25) is 19.7 Å². The Morgan fingerprint density at radius 2 is 1.77 bits per heavy atom. The average Bonchev–Trinajstić information content (AvgIpc) is 2.82. The minimum atomic E-state index is -0.764. The number of halogens is 2. The summed E-state index contributed by atoms with van der Waals surface area (Å²) in [5.41, 5.74) is 0.902. The fourth-order valence-corrected chi connectivity index (χ4v) is 2.86. The van der Waals surface area contributed by atoms with Gasteiger partial charge in [0, 0.05) is 22.8 Å². The van der Waals surface area contributed by atoms with Crippen molar-refractivity contribution in [1.29, 1.82) is 0 Å². The normalized spacial score (nSPS) is 14.2. The first kappa shape index (κ1) is 17.9. The van der Waals surface area contributed by atoms with E-state index in [-0.39, 0.29) is 22.1 Å². The van der Waals surface area contributed by atoms with Crippen molar-refractivity contribution in [2.24, 2.45) is 0 Å². The van der Waals surface area contributed by atoms with Gasteiger partial charge < -0.3 is 5.32 Å². The van der Waals surface area contributed by atoms with Crippen molar-refractivity contribution < 1.29 is 14.5 Å². The summed E-state index contributed by atoms with van der Waals surface area (Å²) in [6.07, 6.45) is 0. The summed E-state index contributed by atoms with van der Waals surface area (Å²) < 4.78 is 0. The number of carbonyl (C=O) groups is 2. The Morgan fingerprint density at radius 3 is 2.46 bits per heavy atom. The molecule has 0 aromatic heterocycles. The van der Waals surface area contributed by atoms with Crippen LogP contribution in [0.1, 0.15) is 5.56 Å². The highest BCUT2D eigenvalue weighted by molar-refractivity contribution is 6.53. The van der Waals surface area contributed by atoms with Crippen molar-refractivity contribution in [1.82, 2.24) is 0 Å². The van der Waals surface area contributed by atoms with E-state index in [0.717, 1.165) is 11.0 Å². The number of hydrogen-bond acceptors (Lipinski definition) is 5. The summed E-state index contributed by atoms with van der Waals surface area (Å²) in [5, 5.41) is 13.9. The molecule has 132 valence electrons. The summed E-state index contributed by atoms with van der Waals surface area (Å²) in [5.74, 6) is -1.47. The first-order valence-electron chi connectivity index (χ1n) is 7.36. The van der Waals surface area contributed by atoms with Crippen LogP contribution in [-0.4, -0.2) is 16.7 Å². The number of nitro benzene ring substituents is 1. The largest absolute Gasteiger partial charge is 0.349 e. The first-order valence-corrected chi connectivity index (χ1v) is 8.12. The summed E-state index contributed by atoms with van der Waals surface area (Å²) >= 11 is 12.1. The lowest BCUT2D eigenvalue weighted by Gasteiger charge is -2.15. The quantitative estimate of drug-likeness (QED) is 0.483. The van der Waals surface area contributed by atoms with Crippen molar-refractivity contribution in [3.63, 3.8) is 0 Å². The maximum atomic E-state index is 12.7. The van der Waals surface area contributed by atoms with Gasteiger partial charge in [0.1, 0.15) is 10.7 Å². The molecule has 0 aliphatic carbocycles. The van der Waals surface area contributed by atoms with Gasteiger partial charge in [0.2, 0.25) is 0 Å². The van der Waals surface area contributed by atoms with E-state index in [4.69, 9.17) is 23.2 Å². The average molecular weight is 392 g/mol. The number of imide groups is 1. The predicted molar refractivity (Wildman–Crippen MR) is 98.3 cm³/mol. The molecular formula is C17H11Cl2N3O4. The smallest absolute Gasteiger partial charge is 0.283 e. The molecule has 0 saturated carbocycles. The number of non-ortho nitro benzene ring substituents is 1. The number of benzene rings is 2. The molecule has 1 heterocycles. The summed E-state index contributed by atoms with van der Waals surface area (Å²) in [6, 6.07) is 10.3. The number of amides is 2. The molecule has 9 heteroatoms. The van der Waals surface area contributed by atoms with E-state index in [9.17, 15) is 19.7 Å². The molecule has 0 bridgehead atoms. The van der Waals surface area contributed by atoms with Crippen LogP contribution in [0, 0.1) is 17.0 Å². The first-order chi connectivity index (χ1) is 12.3. The molecule has 2 aromatic rings. The molecule has 0 atom stereocenters. The van der Waals surface area contributed by atoms with E-state index in [1.54, 1.807) is 25.1 Å². The Kier molecular flexibility index (Phi) is 4.67. The summed E-state index contributed by atoms with van der Waals surface area (Å²) in [7, 11) is 0. The van der Waals surface area contributed by atoms with Crippen molar-refractivity contribution >= 4 is 52.1 Å². The topological polar surface area (TPSA) is 92.6 Å². The van der Waals surface area contributed by atoms with E-state index in [1.807, 2.05) is 0 Å².